The monoisotopic (exact) mass is 221 g/mol. The van der Waals surface area contributed by atoms with Crippen molar-refractivity contribution in [3.8, 4) is 11.5 Å². The molecule has 3 nitrogen and oxygen atoms in total. The Morgan fingerprint density at radius 3 is 2.75 bits per heavy atom. The predicted octanol–water partition coefficient (Wildman–Crippen LogP) is 3.00. The normalized spacial score (nSPS) is 16.9. The van der Waals surface area contributed by atoms with Crippen LogP contribution in [0.3, 0.4) is 0 Å². The number of phenolic OH excluding ortho intramolecular Hbond substituents is 1. The van der Waals surface area contributed by atoms with Gasteiger partial charge in [-0.2, -0.15) is 0 Å². The first-order chi connectivity index (χ1) is 7.74. The Labute approximate surface area is 96.4 Å². The number of anilines is 1. The van der Waals surface area contributed by atoms with E-state index in [1.165, 1.54) is 12.8 Å². The average Bonchev–Trinajstić information content (AvgIpc) is 3.10. The van der Waals surface area contributed by atoms with Crippen LogP contribution in [-0.4, -0.2) is 18.3 Å². The zero-order valence-corrected chi connectivity index (χ0v) is 9.86. The molecule has 1 fully saturated rings. The fraction of sp³-hybridized carbons (Fsp3) is 0.538. The van der Waals surface area contributed by atoms with Crippen molar-refractivity contribution < 1.29 is 9.84 Å². The van der Waals surface area contributed by atoms with Gasteiger partial charge in [0.15, 0.2) is 11.5 Å². The molecule has 0 spiro atoms. The fourth-order valence-corrected chi connectivity index (χ4v) is 2.05. The first-order valence-corrected chi connectivity index (χ1v) is 5.88. The van der Waals surface area contributed by atoms with Crippen LogP contribution in [0.25, 0.3) is 0 Å². The van der Waals surface area contributed by atoms with Gasteiger partial charge in [0.2, 0.25) is 0 Å². The van der Waals surface area contributed by atoms with E-state index in [1.807, 2.05) is 6.07 Å². The maximum Gasteiger partial charge on any atom is 0.160 e. The summed E-state index contributed by atoms with van der Waals surface area (Å²) in [6.45, 7) is 2.19. The SMILES string of the molecule is CCC(Nc1ccc(OC)c(O)c1)C1CC1. The quantitative estimate of drug-likeness (QED) is 0.803. The lowest BCUT2D eigenvalue weighted by Crippen LogP contribution is -2.20. The summed E-state index contributed by atoms with van der Waals surface area (Å²) in [5.74, 6) is 1.53. The molecule has 0 aromatic heterocycles. The molecular formula is C13H19NO2. The number of benzene rings is 1. The molecule has 0 heterocycles. The Hall–Kier alpha value is -1.38. The van der Waals surface area contributed by atoms with Gasteiger partial charge in [-0.15, -0.1) is 0 Å². The van der Waals surface area contributed by atoms with Gasteiger partial charge in [0, 0.05) is 17.8 Å². The van der Waals surface area contributed by atoms with Crippen molar-refractivity contribution in [3.63, 3.8) is 0 Å². The molecule has 16 heavy (non-hydrogen) atoms. The largest absolute Gasteiger partial charge is 0.504 e. The summed E-state index contributed by atoms with van der Waals surface area (Å²) in [6, 6.07) is 6.00. The standard InChI is InChI=1S/C13H19NO2/c1-3-11(9-4-5-9)14-10-6-7-13(16-2)12(15)8-10/h6-9,11,14-15H,3-5H2,1-2H3. The third kappa shape index (κ3) is 2.40. The average molecular weight is 221 g/mol. The van der Waals surface area contributed by atoms with E-state index in [2.05, 4.69) is 12.2 Å². The van der Waals surface area contributed by atoms with E-state index in [-0.39, 0.29) is 5.75 Å². The van der Waals surface area contributed by atoms with Gasteiger partial charge in [0.1, 0.15) is 0 Å². The molecule has 1 unspecified atom stereocenters. The zero-order valence-electron chi connectivity index (χ0n) is 9.86. The number of hydrogen-bond acceptors (Lipinski definition) is 3. The van der Waals surface area contributed by atoms with Gasteiger partial charge in [0.05, 0.1) is 7.11 Å². The molecule has 0 saturated heterocycles. The number of nitrogens with one attached hydrogen (secondary N) is 1. The number of methoxy groups -OCH3 is 1. The second-order valence-electron chi connectivity index (χ2n) is 4.38. The second-order valence-corrected chi connectivity index (χ2v) is 4.38. The van der Waals surface area contributed by atoms with Crippen LogP contribution in [0, 0.1) is 5.92 Å². The van der Waals surface area contributed by atoms with Crippen molar-refractivity contribution >= 4 is 5.69 Å². The molecule has 0 radical (unpaired) electrons. The molecule has 2 rings (SSSR count). The predicted molar refractivity (Wildman–Crippen MR) is 65.1 cm³/mol. The van der Waals surface area contributed by atoms with Gasteiger partial charge in [-0.05, 0) is 37.3 Å². The maximum atomic E-state index is 9.67. The van der Waals surface area contributed by atoms with Crippen LogP contribution >= 0.6 is 0 Å². The van der Waals surface area contributed by atoms with Crippen molar-refractivity contribution in [1.82, 2.24) is 0 Å². The van der Waals surface area contributed by atoms with Gasteiger partial charge in [-0.25, -0.2) is 0 Å². The van der Waals surface area contributed by atoms with Gasteiger partial charge in [-0.3, -0.25) is 0 Å². The Morgan fingerprint density at radius 2 is 2.25 bits per heavy atom. The van der Waals surface area contributed by atoms with Gasteiger partial charge in [0.25, 0.3) is 0 Å². The lowest BCUT2D eigenvalue weighted by atomic mass is 10.1. The first-order valence-electron chi connectivity index (χ1n) is 5.88. The van der Waals surface area contributed by atoms with E-state index in [0.717, 1.165) is 18.0 Å². The molecule has 0 amide bonds. The molecular weight excluding hydrogens is 202 g/mol. The summed E-state index contributed by atoms with van der Waals surface area (Å²) in [4.78, 5) is 0. The van der Waals surface area contributed by atoms with Crippen LogP contribution in [0.5, 0.6) is 11.5 Å². The summed E-state index contributed by atoms with van der Waals surface area (Å²) >= 11 is 0. The number of hydrogen-bond donors (Lipinski definition) is 2. The van der Waals surface area contributed by atoms with E-state index in [9.17, 15) is 5.11 Å². The molecule has 1 aliphatic carbocycles. The van der Waals surface area contributed by atoms with Crippen molar-refractivity contribution in [1.29, 1.82) is 0 Å². The van der Waals surface area contributed by atoms with E-state index < -0.39 is 0 Å². The summed E-state index contributed by atoms with van der Waals surface area (Å²) in [7, 11) is 1.56. The third-order valence-corrected chi connectivity index (χ3v) is 3.16. The molecule has 1 aromatic rings. The zero-order chi connectivity index (χ0) is 11.5. The minimum absolute atomic E-state index is 0.193. The number of aromatic hydroxyl groups is 1. The summed E-state index contributed by atoms with van der Waals surface area (Å²) in [6.07, 6.45) is 3.78. The summed E-state index contributed by atoms with van der Waals surface area (Å²) < 4.78 is 5.01. The Morgan fingerprint density at radius 1 is 1.50 bits per heavy atom. The molecule has 88 valence electrons. The van der Waals surface area contributed by atoms with Gasteiger partial charge >= 0.3 is 0 Å². The topological polar surface area (TPSA) is 41.5 Å². The number of ether oxygens (including phenoxy) is 1. The summed E-state index contributed by atoms with van der Waals surface area (Å²) in [5.41, 5.74) is 0.969. The molecule has 1 saturated carbocycles. The molecule has 0 bridgehead atoms. The third-order valence-electron chi connectivity index (χ3n) is 3.16. The Kier molecular flexibility index (Phi) is 3.22. The van der Waals surface area contributed by atoms with E-state index >= 15 is 0 Å². The van der Waals surface area contributed by atoms with Crippen LogP contribution in [0.15, 0.2) is 18.2 Å². The van der Waals surface area contributed by atoms with Crippen LogP contribution in [-0.2, 0) is 0 Å². The van der Waals surface area contributed by atoms with Crippen LogP contribution in [0.1, 0.15) is 26.2 Å². The lowest BCUT2D eigenvalue weighted by Gasteiger charge is -2.18. The summed E-state index contributed by atoms with van der Waals surface area (Å²) in [5, 5.41) is 13.1. The number of phenols is 1. The highest BCUT2D eigenvalue weighted by Gasteiger charge is 2.29. The molecule has 3 heteroatoms. The smallest absolute Gasteiger partial charge is 0.160 e. The first kappa shape index (κ1) is 11.1. The molecule has 1 aliphatic rings. The minimum atomic E-state index is 0.193. The van der Waals surface area contributed by atoms with E-state index in [0.29, 0.717) is 11.8 Å². The van der Waals surface area contributed by atoms with Gasteiger partial charge < -0.3 is 15.2 Å². The number of rotatable bonds is 5. The molecule has 1 aromatic carbocycles. The van der Waals surface area contributed by atoms with E-state index in [4.69, 9.17) is 4.74 Å². The van der Waals surface area contributed by atoms with Crippen molar-refractivity contribution in [2.24, 2.45) is 5.92 Å². The Bertz CT molecular complexity index is 361. The van der Waals surface area contributed by atoms with Gasteiger partial charge in [-0.1, -0.05) is 6.92 Å². The maximum absolute atomic E-state index is 9.67. The molecule has 0 aliphatic heterocycles. The molecule has 1 atom stereocenters. The molecule has 2 N–H and O–H groups in total. The van der Waals surface area contributed by atoms with E-state index in [1.54, 1.807) is 19.2 Å². The van der Waals surface area contributed by atoms with Crippen molar-refractivity contribution in [2.75, 3.05) is 12.4 Å². The highest BCUT2D eigenvalue weighted by molar-refractivity contribution is 5.54. The highest BCUT2D eigenvalue weighted by Crippen LogP contribution is 2.36. The highest BCUT2D eigenvalue weighted by atomic mass is 16.5. The Balaban J connectivity index is 2.05. The lowest BCUT2D eigenvalue weighted by molar-refractivity contribution is 0.373. The van der Waals surface area contributed by atoms with Crippen LogP contribution < -0.4 is 10.1 Å². The minimum Gasteiger partial charge on any atom is -0.504 e. The van der Waals surface area contributed by atoms with Crippen molar-refractivity contribution in [2.45, 2.75) is 32.2 Å². The van der Waals surface area contributed by atoms with Crippen LogP contribution in [0.4, 0.5) is 5.69 Å². The second kappa shape index (κ2) is 4.64. The van der Waals surface area contributed by atoms with Crippen molar-refractivity contribution in [3.05, 3.63) is 18.2 Å². The van der Waals surface area contributed by atoms with Crippen LogP contribution in [0.2, 0.25) is 0 Å². The fourth-order valence-electron chi connectivity index (χ4n) is 2.05.